The van der Waals surface area contributed by atoms with E-state index in [9.17, 15) is 0 Å². The first-order valence-electron chi connectivity index (χ1n) is 5.65. The second-order valence-corrected chi connectivity index (χ2v) is 4.78. The largest absolute Gasteiger partial charge is 0.310 e. The van der Waals surface area contributed by atoms with E-state index in [1.165, 1.54) is 5.56 Å². The first-order chi connectivity index (χ1) is 7.78. The van der Waals surface area contributed by atoms with Crippen LogP contribution in [0.3, 0.4) is 0 Å². The molecule has 0 bridgehead atoms. The van der Waals surface area contributed by atoms with Crippen LogP contribution in [-0.2, 0) is 6.54 Å². The maximum absolute atomic E-state index is 8.81. The van der Waals surface area contributed by atoms with Crippen molar-refractivity contribution in [3.63, 3.8) is 0 Å². The van der Waals surface area contributed by atoms with Crippen molar-refractivity contribution < 1.29 is 0 Å². The molecule has 0 unspecified atom stereocenters. The van der Waals surface area contributed by atoms with Crippen LogP contribution in [0.15, 0.2) is 24.3 Å². The molecule has 1 N–H and O–H groups in total. The predicted molar refractivity (Wildman–Crippen MR) is 65.0 cm³/mol. The Morgan fingerprint density at radius 1 is 1.31 bits per heavy atom. The van der Waals surface area contributed by atoms with Crippen LogP contribution in [0.2, 0.25) is 5.02 Å². The van der Waals surface area contributed by atoms with Gasteiger partial charge < -0.3 is 5.32 Å². The molecule has 1 aromatic carbocycles. The van der Waals surface area contributed by atoms with Gasteiger partial charge in [-0.15, -0.1) is 0 Å². The molecule has 16 heavy (non-hydrogen) atoms. The van der Waals surface area contributed by atoms with Crippen LogP contribution in [-0.4, -0.2) is 6.04 Å². The second-order valence-electron chi connectivity index (χ2n) is 4.34. The van der Waals surface area contributed by atoms with Crippen molar-refractivity contribution in [2.75, 3.05) is 0 Å². The minimum Gasteiger partial charge on any atom is -0.310 e. The summed E-state index contributed by atoms with van der Waals surface area (Å²) in [6, 6.07) is 10.7. The number of benzene rings is 1. The molecule has 2 atom stereocenters. The Hall–Kier alpha value is -1.04. The van der Waals surface area contributed by atoms with Crippen LogP contribution in [0, 0.1) is 17.2 Å². The smallest absolute Gasteiger partial charge is 0.0656 e. The summed E-state index contributed by atoms with van der Waals surface area (Å²) in [6.07, 6.45) is 3.14. The first-order valence-corrected chi connectivity index (χ1v) is 6.03. The Morgan fingerprint density at radius 2 is 2.06 bits per heavy atom. The van der Waals surface area contributed by atoms with Crippen LogP contribution in [0.25, 0.3) is 0 Å². The predicted octanol–water partition coefficient (Wildman–Crippen LogP) is 3.12. The molecule has 0 heterocycles. The van der Waals surface area contributed by atoms with Crippen molar-refractivity contribution in [3.05, 3.63) is 34.9 Å². The fraction of sp³-hybridized carbons (Fsp3) is 0.462. The van der Waals surface area contributed by atoms with Crippen LogP contribution in [0.5, 0.6) is 0 Å². The molecule has 0 spiro atoms. The Labute approximate surface area is 101 Å². The molecule has 1 saturated carbocycles. The Bertz CT molecular complexity index is 380. The molecule has 0 aromatic heterocycles. The van der Waals surface area contributed by atoms with E-state index in [0.29, 0.717) is 6.04 Å². The Kier molecular flexibility index (Phi) is 3.82. The molecule has 0 saturated heterocycles. The summed E-state index contributed by atoms with van der Waals surface area (Å²) < 4.78 is 0. The Morgan fingerprint density at radius 3 is 2.69 bits per heavy atom. The highest BCUT2D eigenvalue weighted by Crippen LogP contribution is 2.24. The van der Waals surface area contributed by atoms with Gasteiger partial charge in [-0.05, 0) is 37.0 Å². The van der Waals surface area contributed by atoms with Crippen molar-refractivity contribution in [2.45, 2.75) is 31.8 Å². The summed E-state index contributed by atoms with van der Waals surface area (Å²) in [7, 11) is 0. The SMILES string of the molecule is N#C[C@H]1CC[C@@H](NCc2ccc(Cl)cc2)C1. The molecule has 0 aliphatic heterocycles. The number of nitriles is 1. The fourth-order valence-corrected chi connectivity index (χ4v) is 2.27. The number of nitrogens with zero attached hydrogens (tertiary/aromatic N) is 1. The van der Waals surface area contributed by atoms with Crippen molar-refractivity contribution in [3.8, 4) is 6.07 Å². The van der Waals surface area contributed by atoms with Gasteiger partial charge in [0.15, 0.2) is 0 Å². The summed E-state index contributed by atoms with van der Waals surface area (Å²) in [6.45, 7) is 0.861. The van der Waals surface area contributed by atoms with Gasteiger partial charge in [0.05, 0.1) is 6.07 Å². The standard InChI is InChI=1S/C13H15ClN2/c14-12-4-1-10(2-5-12)9-16-13-6-3-11(7-13)8-15/h1-2,4-5,11,13,16H,3,6-7,9H2/t11-,13+/m0/s1. The maximum Gasteiger partial charge on any atom is 0.0656 e. The van der Waals surface area contributed by atoms with E-state index < -0.39 is 0 Å². The van der Waals surface area contributed by atoms with Gasteiger partial charge in [-0.3, -0.25) is 0 Å². The van der Waals surface area contributed by atoms with Crippen molar-refractivity contribution in [2.24, 2.45) is 5.92 Å². The zero-order valence-corrected chi connectivity index (χ0v) is 9.87. The molecule has 1 aliphatic rings. The lowest BCUT2D eigenvalue weighted by Gasteiger charge is -2.11. The second kappa shape index (κ2) is 5.34. The lowest BCUT2D eigenvalue weighted by atomic mass is 10.1. The normalized spacial score (nSPS) is 24.2. The molecular formula is C13H15ClN2. The van der Waals surface area contributed by atoms with E-state index in [0.717, 1.165) is 30.8 Å². The highest BCUT2D eigenvalue weighted by Gasteiger charge is 2.23. The Balaban J connectivity index is 1.80. The van der Waals surface area contributed by atoms with Gasteiger partial charge in [-0.1, -0.05) is 23.7 Å². The third-order valence-electron chi connectivity index (χ3n) is 3.12. The zero-order chi connectivity index (χ0) is 11.4. The molecule has 1 aliphatic carbocycles. The molecule has 2 rings (SSSR count). The minimum atomic E-state index is 0.253. The number of rotatable bonds is 3. The number of halogens is 1. The van der Waals surface area contributed by atoms with Gasteiger partial charge in [0, 0.05) is 23.5 Å². The summed E-state index contributed by atoms with van der Waals surface area (Å²) in [4.78, 5) is 0. The molecule has 2 nitrogen and oxygen atoms in total. The van der Waals surface area contributed by atoms with Crippen LogP contribution < -0.4 is 5.32 Å². The lowest BCUT2D eigenvalue weighted by Crippen LogP contribution is -2.25. The van der Waals surface area contributed by atoms with Crippen LogP contribution in [0.4, 0.5) is 0 Å². The molecular weight excluding hydrogens is 220 g/mol. The highest BCUT2D eigenvalue weighted by molar-refractivity contribution is 6.30. The van der Waals surface area contributed by atoms with E-state index in [-0.39, 0.29) is 5.92 Å². The van der Waals surface area contributed by atoms with E-state index >= 15 is 0 Å². The van der Waals surface area contributed by atoms with Crippen molar-refractivity contribution in [1.29, 1.82) is 5.26 Å². The lowest BCUT2D eigenvalue weighted by molar-refractivity contribution is 0.515. The average Bonchev–Trinajstić information content (AvgIpc) is 2.76. The molecule has 1 aromatic rings. The van der Waals surface area contributed by atoms with Crippen LogP contribution in [0.1, 0.15) is 24.8 Å². The molecule has 0 amide bonds. The van der Waals surface area contributed by atoms with Crippen molar-refractivity contribution >= 4 is 11.6 Å². The van der Waals surface area contributed by atoms with E-state index in [4.69, 9.17) is 16.9 Å². The number of nitrogens with one attached hydrogen (secondary N) is 1. The first kappa shape index (κ1) is 11.4. The summed E-state index contributed by atoms with van der Waals surface area (Å²) in [5, 5.41) is 13.1. The number of hydrogen-bond donors (Lipinski definition) is 1. The topological polar surface area (TPSA) is 35.8 Å². The van der Waals surface area contributed by atoms with Gasteiger partial charge in [0.2, 0.25) is 0 Å². The third kappa shape index (κ3) is 2.98. The van der Waals surface area contributed by atoms with E-state index in [2.05, 4.69) is 11.4 Å². The summed E-state index contributed by atoms with van der Waals surface area (Å²) in [5.74, 6) is 0.253. The molecule has 1 fully saturated rings. The van der Waals surface area contributed by atoms with Gasteiger partial charge in [0.25, 0.3) is 0 Å². The monoisotopic (exact) mass is 234 g/mol. The van der Waals surface area contributed by atoms with Gasteiger partial charge in [0.1, 0.15) is 0 Å². The summed E-state index contributed by atoms with van der Waals surface area (Å²) in [5.41, 5.74) is 1.24. The number of hydrogen-bond acceptors (Lipinski definition) is 2. The van der Waals surface area contributed by atoms with Gasteiger partial charge >= 0.3 is 0 Å². The maximum atomic E-state index is 8.81. The fourth-order valence-electron chi connectivity index (χ4n) is 2.15. The van der Waals surface area contributed by atoms with Crippen LogP contribution >= 0.6 is 11.6 Å². The van der Waals surface area contributed by atoms with E-state index in [1.54, 1.807) is 0 Å². The van der Waals surface area contributed by atoms with E-state index in [1.807, 2.05) is 24.3 Å². The zero-order valence-electron chi connectivity index (χ0n) is 9.12. The third-order valence-corrected chi connectivity index (χ3v) is 3.38. The van der Waals surface area contributed by atoms with Crippen molar-refractivity contribution in [1.82, 2.24) is 5.32 Å². The highest BCUT2D eigenvalue weighted by atomic mass is 35.5. The molecule has 84 valence electrons. The van der Waals surface area contributed by atoms with Gasteiger partial charge in [-0.25, -0.2) is 0 Å². The summed E-state index contributed by atoms with van der Waals surface area (Å²) >= 11 is 5.82. The average molecular weight is 235 g/mol. The minimum absolute atomic E-state index is 0.253. The molecule has 0 radical (unpaired) electrons. The van der Waals surface area contributed by atoms with Gasteiger partial charge in [-0.2, -0.15) is 5.26 Å². The molecule has 3 heteroatoms. The quantitative estimate of drug-likeness (QED) is 0.872.